The lowest BCUT2D eigenvalue weighted by molar-refractivity contribution is 0.143. The number of hydrogen-bond donors (Lipinski definition) is 1. The van der Waals surface area contributed by atoms with Crippen LogP contribution in [0.3, 0.4) is 0 Å². The topological polar surface area (TPSA) is 66.9 Å². The molecule has 0 aromatic carbocycles. The number of H-pyrrole nitrogens is 1. The van der Waals surface area contributed by atoms with Crippen molar-refractivity contribution in [2.24, 2.45) is 5.92 Å². The molecule has 3 rings (SSSR count). The fourth-order valence-electron chi connectivity index (χ4n) is 2.66. The van der Waals surface area contributed by atoms with Gasteiger partial charge in [0.05, 0.1) is 18.2 Å². The van der Waals surface area contributed by atoms with Crippen LogP contribution >= 0.6 is 11.6 Å². The molecule has 0 amide bonds. The molecule has 0 saturated carbocycles. The minimum Gasteiger partial charge on any atom is -0.384 e. The lowest BCUT2D eigenvalue weighted by Gasteiger charge is -2.33. The third kappa shape index (κ3) is 2.50. The molecule has 19 heavy (non-hydrogen) atoms. The average Bonchev–Trinajstić information content (AvgIpc) is 2.86. The predicted molar refractivity (Wildman–Crippen MR) is 73.5 cm³/mol. The number of nitrogens with one attached hydrogen (secondary N) is 1. The molecular weight excluding hydrogens is 266 g/mol. The van der Waals surface area contributed by atoms with Crippen LogP contribution in [0.4, 0.5) is 5.82 Å². The van der Waals surface area contributed by atoms with Gasteiger partial charge in [0.15, 0.2) is 5.65 Å². The lowest BCUT2D eigenvalue weighted by Crippen LogP contribution is -2.37. The highest BCUT2D eigenvalue weighted by atomic mass is 35.5. The molecule has 2 aromatic rings. The van der Waals surface area contributed by atoms with E-state index in [0.29, 0.717) is 11.6 Å². The summed E-state index contributed by atoms with van der Waals surface area (Å²) in [6.07, 6.45) is 4.08. The van der Waals surface area contributed by atoms with Gasteiger partial charge in [-0.1, -0.05) is 0 Å². The van der Waals surface area contributed by atoms with E-state index in [1.54, 1.807) is 13.3 Å². The van der Waals surface area contributed by atoms with Gasteiger partial charge < -0.3 is 9.64 Å². The highest BCUT2D eigenvalue weighted by Gasteiger charge is 2.23. The van der Waals surface area contributed by atoms with Crippen LogP contribution in [0.15, 0.2) is 6.20 Å². The van der Waals surface area contributed by atoms with Gasteiger partial charge in [-0.3, -0.25) is 5.10 Å². The van der Waals surface area contributed by atoms with Gasteiger partial charge in [0, 0.05) is 20.2 Å². The lowest BCUT2D eigenvalue weighted by atomic mass is 9.99. The molecule has 1 aliphatic heterocycles. The summed E-state index contributed by atoms with van der Waals surface area (Å²) in [5, 5.41) is 8.02. The molecule has 0 spiro atoms. The van der Waals surface area contributed by atoms with Crippen molar-refractivity contribution in [3.8, 4) is 0 Å². The van der Waals surface area contributed by atoms with Crippen molar-refractivity contribution in [1.82, 2.24) is 20.2 Å². The molecule has 0 bridgehead atoms. The standard InChI is InChI=1S/C12H16ClN5O/c1-19-7-8-3-2-4-18(6-8)11-9-5-14-17-10(9)15-12(13)16-11/h5,8H,2-4,6-7H2,1H3,(H,14,15,16,17). The molecule has 0 radical (unpaired) electrons. The molecule has 1 atom stereocenters. The largest absolute Gasteiger partial charge is 0.384 e. The Balaban J connectivity index is 1.92. The Labute approximate surface area is 116 Å². The van der Waals surface area contributed by atoms with Gasteiger partial charge in [-0.05, 0) is 30.4 Å². The van der Waals surface area contributed by atoms with E-state index in [1.807, 2.05) is 0 Å². The number of hydrogen-bond acceptors (Lipinski definition) is 5. The summed E-state index contributed by atoms with van der Waals surface area (Å²) < 4.78 is 5.26. The van der Waals surface area contributed by atoms with E-state index in [0.717, 1.165) is 37.3 Å². The zero-order valence-corrected chi connectivity index (χ0v) is 11.5. The fraction of sp³-hybridized carbons (Fsp3) is 0.583. The number of halogens is 1. The molecule has 1 aliphatic rings. The predicted octanol–water partition coefficient (Wildman–Crippen LogP) is 1.87. The first kappa shape index (κ1) is 12.6. The van der Waals surface area contributed by atoms with Crippen molar-refractivity contribution >= 4 is 28.5 Å². The van der Waals surface area contributed by atoms with Gasteiger partial charge in [0.1, 0.15) is 5.82 Å². The Morgan fingerprint density at radius 2 is 2.42 bits per heavy atom. The van der Waals surface area contributed by atoms with Gasteiger partial charge >= 0.3 is 0 Å². The number of anilines is 1. The Morgan fingerprint density at radius 3 is 3.26 bits per heavy atom. The van der Waals surface area contributed by atoms with Crippen LogP contribution in [-0.2, 0) is 4.74 Å². The van der Waals surface area contributed by atoms with Crippen molar-refractivity contribution in [3.05, 3.63) is 11.5 Å². The number of piperidine rings is 1. The summed E-state index contributed by atoms with van der Waals surface area (Å²) in [5.41, 5.74) is 0.684. The molecule has 1 saturated heterocycles. The maximum atomic E-state index is 5.98. The van der Waals surface area contributed by atoms with Crippen molar-refractivity contribution in [2.45, 2.75) is 12.8 Å². The van der Waals surface area contributed by atoms with Crippen molar-refractivity contribution in [1.29, 1.82) is 0 Å². The molecule has 7 heteroatoms. The third-order valence-electron chi connectivity index (χ3n) is 3.48. The van der Waals surface area contributed by atoms with Crippen LogP contribution in [0.25, 0.3) is 11.0 Å². The third-order valence-corrected chi connectivity index (χ3v) is 3.65. The molecule has 2 aromatic heterocycles. The SMILES string of the molecule is COCC1CCCN(c2nc(Cl)nc3[nH]ncc23)C1. The maximum Gasteiger partial charge on any atom is 0.226 e. The van der Waals surface area contributed by atoms with E-state index >= 15 is 0 Å². The second-order valence-electron chi connectivity index (χ2n) is 4.86. The van der Waals surface area contributed by atoms with Crippen LogP contribution in [-0.4, -0.2) is 47.0 Å². The minimum absolute atomic E-state index is 0.251. The second-order valence-corrected chi connectivity index (χ2v) is 5.20. The highest BCUT2D eigenvalue weighted by Crippen LogP contribution is 2.28. The molecule has 0 aliphatic carbocycles. The first-order chi connectivity index (χ1) is 9.28. The van der Waals surface area contributed by atoms with Crippen LogP contribution in [0, 0.1) is 5.92 Å². The number of rotatable bonds is 3. The molecule has 102 valence electrons. The van der Waals surface area contributed by atoms with E-state index in [1.165, 1.54) is 6.42 Å². The number of aromatic nitrogens is 4. The molecule has 3 heterocycles. The number of nitrogens with zero attached hydrogens (tertiary/aromatic N) is 4. The summed E-state index contributed by atoms with van der Waals surface area (Å²) in [7, 11) is 1.74. The van der Waals surface area contributed by atoms with Crippen LogP contribution in [0.1, 0.15) is 12.8 Å². The highest BCUT2D eigenvalue weighted by molar-refractivity contribution is 6.28. The maximum absolute atomic E-state index is 5.98. The van der Waals surface area contributed by atoms with Crippen molar-refractivity contribution < 1.29 is 4.74 Å². The monoisotopic (exact) mass is 281 g/mol. The summed E-state index contributed by atoms with van der Waals surface area (Å²) in [6, 6.07) is 0. The number of methoxy groups -OCH3 is 1. The first-order valence-electron chi connectivity index (χ1n) is 6.38. The van der Waals surface area contributed by atoms with E-state index in [-0.39, 0.29) is 5.28 Å². The summed E-state index contributed by atoms with van der Waals surface area (Å²) in [4.78, 5) is 10.8. The normalized spacial score (nSPS) is 20.1. The fourth-order valence-corrected chi connectivity index (χ4v) is 2.83. The van der Waals surface area contributed by atoms with Crippen LogP contribution in [0.2, 0.25) is 5.28 Å². The van der Waals surface area contributed by atoms with Gasteiger partial charge in [0.25, 0.3) is 0 Å². The first-order valence-corrected chi connectivity index (χ1v) is 6.76. The number of aromatic amines is 1. The Morgan fingerprint density at radius 1 is 1.53 bits per heavy atom. The molecule has 1 N–H and O–H groups in total. The average molecular weight is 282 g/mol. The van der Waals surface area contributed by atoms with Gasteiger partial charge in [-0.15, -0.1) is 0 Å². The number of fused-ring (bicyclic) bond motifs is 1. The number of ether oxygens (including phenoxy) is 1. The van der Waals surface area contributed by atoms with Gasteiger partial charge in [0.2, 0.25) is 5.28 Å². The zero-order valence-electron chi connectivity index (χ0n) is 10.8. The quantitative estimate of drug-likeness (QED) is 0.870. The molecule has 1 fully saturated rings. The van der Waals surface area contributed by atoms with E-state index in [4.69, 9.17) is 16.3 Å². The van der Waals surface area contributed by atoms with Crippen LogP contribution in [0.5, 0.6) is 0 Å². The van der Waals surface area contributed by atoms with E-state index in [9.17, 15) is 0 Å². The summed E-state index contributed by atoms with van der Waals surface area (Å²) >= 11 is 5.98. The van der Waals surface area contributed by atoms with Crippen LogP contribution < -0.4 is 4.90 Å². The van der Waals surface area contributed by atoms with Crippen molar-refractivity contribution in [2.75, 3.05) is 31.7 Å². The zero-order chi connectivity index (χ0) is 13.2. The smallest absolute Gasteiger partial charge is 0.226 e. The van der Waals surface area contributed by atoms with E-state index < -0.39 is 0 Å². The van der Waals surface area contributed by atoms with Gasteiger partial charge in [-0.25, -0.2) is 0 Å². The summed E-state index contributed by atoms with van der Waals surface area (Å²) in [6.45, 7) is 2.69. The van der Waals surface area contributed by atoms with Crippen molar-refractivity contribution in [3.63, 3.8) is 0 Å². The van der Waals surface area contributed by atoms with Gasteiger partial charge in [-0.2, -0.15) is 15.1 Å². The Bertz CT molecular complexity index is 570. The Kier molecular flexibility index (Phi) is 3.52. The summed E-state index contributed by atoms with van der Waals surface area (Å²) in [5.74, 6) is 1.40. The van der Waals surface area contributed by atoms with E-state index in [2.05, 4.69) is 25.1 Å². The molecule has 1 unspecified atom stereocenters. The molecular formula is C12H16ClN5O. The minimum atomic E-state index is 0.251. The second kappa shape index (κ2) is 5.30. The molecule has 6 nitrogen and oxygen atoms in total. The Hall–Kier alpha value is -1.40.